The first-order valence-electron chi connectivity index (χ1n) is 15.1. The van der Waals surface area contributed by atoms with E-state index in [9.17, 15) is 9.59 Å². The summed E-state index contributed by atoms with van der Waals surface area (Å²) in [5, 5.41) is 2.98. The number of piperazine rings is 1. The van der Waals surface area contributed by atoms with E-state index in [-0.39, 0.29) is 24.5 Å². The van der Waals surface area contributed by atoms with Crippen molar-refractivity contribution in [2.45, 2.75) is 39.7 Å². The van der Waals surface area contributed by atoms with Crippen LogP contribution in [0.4, 0.5) is 5.82 Å². The molecule has 0 N–H and O–H groups in total. The molecule has 3 aromatic heterocycles. The van der Waals surface area contributed by atoms with E-state index in [4.69, 9.17) is 26.3 Å². The van der Waals surface area contributed by atoms with Gasteiger partial charge in [0.05, 0.1) is 23.1 Å². The first kappa shape index (κ1) is 29.0. The van der Waals surface area contributed by atoms with Gasteiger partial charge in [0.25, 0.3) is 0 Å². The molecule has 1 saturated heterocycles. The highest BCUT2D eigenvalue weighted by molar-refractivity contribution is 6.36. The Bertz CT molecular complexity index is 2100. The third-order valence-electron chi connectivity index (χ3n) is 8.86. The van der Waals surface area contributed by atoms with Crippen LogP contribution < -0.4 is 15.3 Å². The average molecular weight is 621 g/mol. The number of hydrogen-bond donors (Lipinski definition) is 0. The van der Waals surface area contributed by atoms with Crippen LogP contribution in [0.15, 0.2) is 66.1 Å². The molecule has 2 aromatic carbocycles. The molecule has 45 heavy (non-hydrogen) atoms. The van der Waals surface area contributed by atoms with Crippen LogP contribution in [0.3, 0.4) is 0 Å². The Morgan fingerprint density at radius 3 is 2.60 bits per heavy atom. The highest BCUT2D eigenvalue weighted by Gasteiger charge is 2.37. The van der Waals surface area contributed by atoms with Crippen LogP contribution in [0.25, 0.3) is 38.8 Å². The van der Waals surface area contributed by atoms with Gasteiger partial charge in [-0.2, -0.15) is 4.98 Å². The number of aromatic nitrogens is 4. The maximum absolute atomic E-state index is 14.3. The molecule has 1 unspecified atom stereocenters. The van der Waals surface area contributed by atoms with E-state index >= 15 is 0 Å². The fraction of sp³-hybridized carbons (Fsp3) is 0.286. The maximum Gasteiger partial charge on any atom is 0.355 e. The number of pyridine rings is 2. The molecule has 1 amide bonds. The number of fused-ring (bicyclic) bond motifs is 3. The predicted molar refractivity (Wildman–Crippen MR) is 178 cm³/mol. The second-order valence-corrected chi connectivity index (χ2v) is 12.4. The van der Waals surface area contributed by atoms with Crippen molar-refractivity contribution in [3.8, 4) is 22.7 Å². The molecule has 2 aliphatic heterocycles. The quantitative estimate of drug-likeness (QED) is 0.228. The third-order valence-corrected chi connectivity index (χ3v) is 9.21. The zero-order valence-electron chi connectivity index (χ0n) is 25.7. The summed E-state index contributed by atoms with van der Waals surface area (Å²) in [6.45, 7) is 13.3. The van der Waals surface area contributed by atoms with Gasteiger partial charge in [-0.15, -0.1) is 0 Å². The highest BCUT2D eigenvalue weighted by Crippen LogP contribution is 2.46. The normalized spacial score (nSPS) is 16.1. The van der Waals surface area contributed by atoms with E-state index in [1.54, 1.807) is 15.7 Å². The number of halogens is 1. The van der Waals surface area contributed by atoms with Gasteiger partial charge in [0, 0.05) is 31.4 Å². The number of ether oxygens (including phenoxy) is 1. The van der Waals surface area contributed by atoms with E-state index in [1.165, 1.54) is 6.08 Å². The highest BCUT2D eigenvalue weighted by atomic mass is 35.5. The summed E-state index contributed by atoms with van der Waals surface area (Å²) in [4.78, 5) is 45.2. The summed E-state index contributed by atoms with van der Waals surface area (Å²) in [7, 11) is 0. The number of anilines is 1. The first-order chi connectivity index (χ1) is 21.7. The largest absolute Gasteiger partial charge is 0.489 e. The van der Waals surface area contributed by atoms with E-state index in [2.05, 4.69) is 41.6 Å². The number of rotatable bonds is 4. The number of benzene rings is 2. The lowest BCUT2D eigenvalue weighted by molar-refractivity contribution is -0.126. The fourth-order valence-corrected chi connectivity index (χ4v) is 6.99. The molecule has 7 rings (SSSR count). The van der Waals surface area contributed by atoms with Gasteiger partial charge in [0.2, 0.25) is 5.91 Å². The molecule has 0 spiro atoms. The Balaban J connectivity index is 1.58. The number of hydrogen-bond acceptors (Lipinski definition) is 7. The van der Waals surface area contributed by atoms with Crippen LogP contribution in [0.1, 0.15) is 36.6 Å². The lowest BCUT2D eigenvalue weighted by atomic mass is 9.97. The maximum atomic E-state index is 14.3. The van der Waals surface area contributed by atoms with Crippen LogP contribution in [-0.2, 0) is 4.79 Å². The molecule has 9 nitrogen and oxygen atoms in total. The number of carbonyl (C=O) groups excluding carboxylic acids is 1. The van der Waals surface area contributed by atoms with E-state index in [0.717, 1.165) is 33.2 Å². The van der Waals surface area contributed by atoms with Crippen LogP contribution >= 0.6 is 11.6 Å². The van der Waals surface area contributed by atoms with Gasteiger partial charge in [-0.25, -0.2) is 14.3 Å². The number of carbonyl (C=O) groups is 1. The Labute approximate surface area is 265 Å². The summed E-state index contributed by atoms with van der Waals surface area (Å²) in [5.74, 6) is 0.756. The van der Waals surface area contributed by atoms with Crippen LogP contribution in [0, 0.1) is 13.8 Å². The molecule has 10 heteroatoms. The Hall–Kier alpha value is -4.76. The van der Waals surface area contributed by atoms with Crippen LogP contribution in [-0.4, -0.2) is 62.6 Å². The zero-order valence-corrected chi connectivity index (χ0v) is 26.4. The summed E-state index contributed by atoms with van der Waals surface area (Å²) in [5.41, 5.74) is 4.65. The molecule has 0 saturated carbocycles. The molecule has 0 radical (unpaired) electrons. The van der Waals surface area contributed by atoms with Crippen molar-refractivity contribution < 1.29 is 9.53 Å². The number of amides is 1. The van der Waals surface area contributed by atoms with Crippen molar-refractivity contribution in [3.05, 3.63) is 93.6 Å². The first-order valence-corrected chi connectivity index (χ1v) is 15.5. The lowest BCUT2D eigenvalue weighted by Crippen LogP contribution is -2.56. The molecule has 228 valence electrons. The number of aryl methyl sites for hydroxylation is 2. The standard InChI is InChI=1S/C35H33ClN6O3/c1-6-25(43)40-15-16-41-23(17-40)18-45-32-27-33(41)39-35(44)42(31-21(5)13-14-37-29(31)19(2)3)34(27)38-30(28(32)36)24-12-8-11-22-10-7-9-20(4)26(22)24/h6-14,19,23H,1,15-18H2,2-5H3. The van der Waals surface area contributed by atoms with Crippen LogP contribution in [0.5, 0.6) is 5.75 Å². The van der Waals surface area contributed by atoms with Crippen molar-refractivity contribution in [1.29, 1.82) is 0 Å². The van der Waals surface area contributed by atoms with E-state index < -0.39 is 5.69 Å². The van der Waals surface area contributed by atoms with Crippen molar-refractivity contribution in [2.24, 2.45) is 0 Å². The minimum Gasteiger partial charge on any atom is -0.489 e. The molecule has 5 heterocycles. The van der Waals surface area contributed by atoms with Gasteiger partial charge in [-0.05, 0) is 53.8 Å². The van der Waals surface area contributed by atoms with Gasteiger partial charge in [-0.3, -0.25) is 9.78 Å². The minimum absolute atomic E-state index is 0.0280. The van der Waals surface area contributed by atoms with Crippen molar-refractivity contribution >= 4 is 45.1 Å². The van der Waals surface area contributed by atoms with Crippen molar-refractivity contribution in [1.82, 2.24) is 24.4 Å². The van der Waals surface area contributed by atoms with E-state index in [1.807, 2.05) is 45.0 Å². The van der Waals surface area contributed by atoms with Crippen molar-refractivity contribution in [2.75, 3.05) is 31.1 Å². The van der Waals surface area contributed by atoms with Gasteiger partial charge in [-0.1, -0.05) is 68.4 Å². The Morgan fingerprint density at radius 1 is 1.07 bits per heavy atom. The van der Waals surface area contributed by atoms with Crippen molar-refractivity contribution in [3.63, 3.8) is 0 Å². The summed E-state index contributed by atoms with van der Waals surface area (Å²) >= 11 is 7.29. The molecule has 1 fully saturated rings. The fourth-order valence-electron chi connectivity index (χ4n) is 6.70. The minimum atomic E-state index is -0.471. The average Bonchev–Trinajstić information content (AvgIpc) is 3.19. The Kier molecular flexibility index (Phi) is 7.08. The second kappa shape index (κ2) is 11.0. The topological polar surface area (TPSA) is 93.5 Å². The number of nitrogens with zero attached hydrogens (tertiary/aromatic N) is 6. The summed E-state index contributed by atoms with van der Waals surface area (Å²) in [6, 6.07) is 13.8. The molecule has 1 atom stereocenters. The molecular formula is C35H33ClN6O3. The van der Waals surface area contributed by atoms with Gasteiger partial charge >= 0.3 is 5.69 Å². The van der Waals surface area contributed by atoms with Gasteiger partial charge < -0.3 is 14.5 Å². The predicted octanol–water partition coefficient (Wildman–Crippen LogP) is 5.99. The van der Waals surface area contributed by atoms with Gasteiger partial charge in [0.1, 0.15) is 22.8 Å². The monoisotopic (exact) mass is 620 g/mol. The molecule has 0 aliphatic carbocycles. The van der Waals surface area contributed by atoms with E-state index in [0.29, 0.717) is 58.6 Å². The zero-order chi connectivity index (χ0) is 31.6. The molecule has 2 aliphatic rings. The molecular weight excluding hydrogens is 588 g/mol. The summed E-state index contributed by atoms with van der Waals surface area (Å²) < 4.78 is 8.15. The SMILES string of the molecule is C=CC(=O)N1CCN2c3nc(=O)n(-c4c(C)ccnc4C(C)C)c4nc(-c5cccc6cccc(C)c56)c(Cl)c(c34)OCC2C1. The molecule has 5 aromatic rings. The smallest absolute Gasteiger partial charge is 0.355 e. The van der Waals surface area contributed by atoms with Crippen LogP contribution in [0.2, 0.25) is 5.02 Å². The third kappa shape index (κ3) is 4.56. The second-order valence-electron chi connectivity index (χ2n) is 12.0. The summed E-state index contributed by atoms with van der Waals surface area (Å²) in [6.07, 6.45) is 3.08. The Morgan fingerprint density at radius 2 is 1.84 bits per heavy atom. The lowest BCUT2D eigenvalue weighted by Gasteiger charge is -2.40. The molecule has 0 bridgehead atoms. The van der Waals surface area contributed by atoms with Gasteiger partial charge in [0.15, 0.2) is 11.4 Å².